The number of ether oxygens (including phenoxy) is 1. The zero-order valence-electron chi connectivity index (χ0n) is 16.1. The van der Waals surface area contributed by atoms with Crippen LogP contribution in [0.5, 0.6) is 0 Å². The first-order valence-electron chi connectivity index (χ1n) is 9.01. The van der Waals surface area contributed by atoms with Gasteiger partial charge in [-0.2, -0.15) is 0 Å². The number of esters is 1. The van der Waals surface area contributed by atoms with Crippen molar-refractivity contribution in [1.82, 2.24) is 5.32 Å². The molecule has 0 bridgehead atoms. The minimum absolute atomic E-state index is 0.153. The first-order chi connectivity index (χ1) is 13.8. The number of benzene rings is 2. The molecule has 0 unspecified atom stereocenters. The van der Waals surface area contributed by atoms with E-state index in [9.17, 15) is 14.4 Å². The van der Waals surface area contributed by atoms with Crippen LogP contribution in [0.15, 0.2) is 53.0 Å². The van der Waals surface area contributed by atoms with E-state index in [1.165, 1.54) is 0 Å². The summed E-state index contributed by atoms with van der Waals surface area (Å²) >= 11 is 9.33. The van der Waals surface area contributed by atoms with Crippen molar-refractivity contribution >= 4 is 51.0 Å². The average Bonchev–Trinajstić information content (AvgIpc) is 2.67. The minimum atomic E-state index is -0.852. The maximum Gasteiger partial charge on any atom is 0.329 e. The maximum absolute atomic E-state index is 12.4. The lowest BCUT2D eigenvalue weighted by atomic mass is 10.0. The summed E-state index contributed by atoms with van der Waals surface area (Å²) < 4.78 is 5.87. The molecule has 2 aromatic carbocycles. The fourth-order valence-electron chi connectivity index (χ4n) is 2.51. The molecule has 0 spiro atoms. The van der Waals surface area contributed by atoms with Crippen molar-refractivity contribution in [2.75, 3.05) is 11.9 Å². The molecule has 0 radical (unpaired) electrons. The molecule has 0 fully saturated rings. The molecule has 2 N–H and O–H groups in total. The Morgan fingerprint density at radius 3 is 2.38 bits per heavy atom. The Balaban J connectivity index is 1.88. The first kappa shape index (κ1) is 22.9. The SMILES string of the molecule is CC(C)[C@H](NC(=O)Cc1ccccc1)C(=O)OCC(=O)Nc1ccc(Br)cc1Cl. The molecule has 1 atom stereocenters. The third-order valence-corrected chi connectivity index (χ3v) is 4.80. The van der Waals surface area contributed by atoms with Crippen LogP contribution in [0.4, 0.5) is 5.69 Å². The van der Waals surface area contributed by atoms with Crippen LogP contribution in [0.1, 0.15) is 19.4 Å². The summed E-state index contributed by atoms with van der Waals surface area (Å²) in [5, 5.41) is 5.61. The number of hydrogen-bond acceptors (Lipinski definition) is 4. The molecular weight excluding hydrogens is 460 g/mol. The Labute approximate surface area is 183 Å². The number of amides is 2. The highest BCUT2D eigenvalue weighted by Gasteiger charge is 2.26. The predicted molar refractivity (Wildman–Crippen MR) is 116 cm³/mol. The standard InChI is InChI=1S/C21H22BrClN2O4/c1-13(2)20(25-18(26)10-14-6-4-3-5-7-14)21(28)29-12-19(27)24-17-9-8-15(22)11-16(17)23/h3-9,11,13,20H,10,12H2,1-2H3,(H,24,27)(H,25,26)/t20-/m0/s1. The topological polar surface area (TPSA) is 84.5 Å². The summed E-state index contributed by atoms with van der Waals surface area (Å²) in [4.78, 5) is 36.7. The second-order valence-electron chi connectivity index (χ2n) is 6.73. The number of hydrogen-bond donors (Lipinski definition) is 2. The van der Waals surface area contributed by atoms with E-state index in [-0.39, 0.29) is 18.2 Å². The van der Waals surface area contributed by atoms with E-state index < -0.39 is 24.5 Å². The molecule has 2 rings (SSSR count). The van der Waals surface area contributed by atoms with Gasteiger partial charge in [0.05, 0.1) is 17.1 Å². The van der Waals surface area contributed by atoms with Crippen molar-refractivity contribution in [1.29, 1.82) is 0 Å². The number of halogens is 2. The van der Waals surface area contributed by atoms with Crippen LogP contribution in [-0.2, 0) is 25.5 Å². The molecule has 6 nitrogen and oxygen atoms in total. The van der Waals surface area contributed by atoms with Gasteiger partial charge in [-0.1, -0.05) is 71.7 Å². The van der Waals surface area contributed by atoms with Gasteiger partial charge in [0.15, 0.2) is 6.61 Å². The van der Waals surface area contributed by atoms with Crippen LogP contribution in [-0.4, -0.2) is 30.4 Å². The Kier molecular flexibility index (Phi) is 8.67. The molecule has 0 saturated heterocycles. The van der Waals surface area contributed by atoms with Gasteiger partial charge in [0, 0.05) is 4.47 Å². The van der Waals surface area contributed by atoms with Crippen LogP contribution < -0.4 is 10.6 Å². The number of nitrogens with one attached hydrogen (secondary N) is 2. The lowest BCUT2D eigenvalue weighted by molar-refractivity contribution is -0.151. The van der Waals surface area contributed by atoms with Gasteiger partial charge in [0.25, 0.3) is 5.91 Å². The van der Waals surface area contributed by atoms with Crippen LogP contribution in [0.25, 0.3) is 0 Å². The van der Waals surface area contributed by atoms with Crippen LogP contribution >= 0.6 is 27.5 Å². The van der Waals surface area contributed by atoms with E-state index in [1.807, 2.05) is 30.3 Å². The van der Waals surface area contributed by atoms with E-state index >= 15 is 0 Å². The molecule has 0 aromatic heterocycles. The summed E-state index contributed by atoms with van der Waals surface area (Å²) in [6.45, 7) is 3.09. The van der Waals surface area contributed by atoms with E-state index in [0.717, 1.165) is 10.0 Å². The normalized spacial score (nSPS) is 11.6. The molecule has 154 valence electrons. The second-order valence-corrected chi connectivity index (χ2v) is 8.05. The first-order valence-corrected chi connectivity index (χ1v) is 10.2. The van der Waals surface area contributed by atoms with Gasteiger partial charge in [-0.05, 0) is 29.7 Å². The van der Waals surface area contributed by atoms with Gasteiger partial charge >= 0.3 is 5.97 Å². The quantitative estimate of drug-likeness (QED) is 0.559. The third kappa shape index (κ3) is 7.51. The Morgan fingerprint density at radius 2 is 1.76 bits per heavy atom. The summed E-state index contributed by atoms with van der Waals surface area (Å²) in [5.41, 5.74) is 1.25. The molecule has 8 heteroatoms. The Bertz CT molecular complexity index is 874. The molecule has 0 heterocycles. The molecule has 0 aliphatic rings. The molecule has 0 aliphatic carbocycles. The van der Waals surface area contributed by atoms with E-state index in [4.69, 9.17) is 16.3 Å². The fraction of sp³-hybridized carbons (Fsp3) is 0.286. The smallest absolute Gasteiger partial charge is 0.329 e. The highest BCUT2D eigenvalue weighted by atomic mass is 79.9. The van der Waals surface area contributed by atoms with E-state index in [1.54, 1.807) is 32.0 Å². The van der Waals surface area contributed by atoms with Crippen LogP contribution in [0, 0.1) is 5.92 Å². The number of rotatable bonds is 8. The van der Waals surface area contributed by atoms with Crippen LogP contribution in [0.2, 0.25) is 5.02 Å². The third-order valence-electron chi connectivity index (χ3n) is 4.00. The number of anilines is 1. The van der Waals surface area contributed by atoms with E-state index in [2.05, 4.69) is 26.6 Å². The van der Waals surface area contributed by atoms with Gasteiger partial charge < -0.3 is 15.4 Å². The molecule has 0 aliphatic heterocycles. The van der Waals surface area contributed by atoms with Gasteiger partial charge in [-0.3, -0.25) is 9.59 Å². The van der Waals surface area contributed by atoms with Crippen molar-refractivity contribution in [2.45, 2.75) is 26.3 Å². The summed E-state index contributed by atoms with van der Waals surface area (Å²) in [6.07, 6.45) is 0.153. The molecule has 0 saturated carbocycles. The lowest BCUT2D eigenvalue weighted by Gasteiger charge is -2.21. The maximum atomic E-state index is 12.4. The van der Waals surface area contributed by atoms with Gasteiger partial charge in [-0.15, -0.1) is 0 Å². The molecule has 29 heavy (non-hydrogen) atoms. The number of carbonyl (C=O) groups excluding carboxylic acids is 3. The monoisotopic (exact) mass is 480 g/mol. The Morgan fingerprint density at radius 1 is 1.07 bits per heavy atom. The fourth-order valence-corrected chi connectivity index (χ4v) is 3.23. The van der Waals surface area contributed by atoms with Crippen molar-refractivity contribution in [3.8, 4) is 0 Å². The summed E-state index contributed by atoms with van der Waals surface area (Å²) in [6, 6.07) is 13.4. The molecular formula is C21H22BrClN2O4. The zero-order valence-corrected chi connectivity index (χ0v) is 18.4. The van der Waals surface area contributed by atoms with E-state index in [0.29, 0.717) is 10.7 Å². The highest BCUT2D eigenvalue weighted by Crippen LogP contribution is 2.25. The van der Waals surface area contributed by atoms with Gasteiger partial charge in [0.2, 0.25) is 5.91 Å². The lowest BCUT2D eigenvalue weighted by Crippen LogP contribution is -2.46. The average molecular weight is 482 g/mol. The summed E-state index contributed by atoms with van der Waals surface area (Å²) in [5.74, 6) is -1.69. The Hall–Kier alpha value is -2.38. The van der Waals surface area contributed by atoms with Crippen molar-refractivity contribution in [3.63, 3.8) is 0 Å². The van der Waals surface area contributed by atoms with Gasteiger partial charge in [-0.25, -0.2) is 4.79 Å². The second kappa shape index (κ2) is 11.0. The predicted octanol–water partition coefficient (Wildman–Crippen LogP) is 3.97. The molecule has 2 amide bonds. The number of carbonyl (C=O) groups is 3. The minimum Gasteiger partial charge on any atom is -0.454 e. The van der Waals surface area contributed by atoms with Gasteiger partial charge in [0.1, 0.15) is 6.04 Å². The van der Waals surface area contributed by atoms with Crippen molar-refractivity contribution in [2.24, 2.45) is 5.92 Å². The van der Waals surface area contributed by atoms with Crippen molar-refractivity contribution in [3.05, 3.63) is 63.6 Å². The summed E-state index contributed by atoms with van der Waals surface area (Å²) in [7, 11) is 0. The largest absolute Gasteiger partial charge is 0.454 e. The van der Waals surface area contributed by atoms with Crippen LogP contribution in [0.3, 0.4) is 0 Å². The van der Waals surface area contributed by atoms with Crippen molar-refractivity contribution < 1.29 is 19.1 Å². The zero-order chi connectivity index (χ0) is 21.4. The highest BCUT2D eigenvalue weighted by molar-refractivity contribution is 9.10. The molecule has 2 aromatic rings.